The highest BCUT2D eigenvalue weighted by molar-refractivity contribution is 9.10. The van der Waals surface area contributed by atoms with Crippen molar-refractivity contribution in [2.24, 2.45) is 0 Å². The molecule has 2 atom stereocenters. The molecule has 0 aliphatic carbocycles. The van der Waals surface area contributed by atoms with E-state index in [1.54, 1.807) is 0 Å². The molecule has 1 aromatic heterocycles. The third-order valence-electron chi connectivity index (χ3n) is 3.89. The van der Waals surface area contributed by atoms with Gasteiger partial charge in [0.05, 0.1) is 0 Å². The lowest BCUT2D eigenvalue weighted by molar-refractivity contribution is 0.169. The lowest BCUT2D eigenvalue weighted by Crippen LogP contribution is -2.55. The maximum atomic E-state index is 4.71. The van der Waals surface area contributed by atoms with Crippen LogP contribution in [0.2, 0.25) is 0 Å². The van der Waals surface area contributed by atoms with E-state index in [1.807, 2.05) is 6.07 Å². The number of halogens is 1. The minimum absolute atomic E-state index is 0.548. The van der Waals surface area contributed by atoms with Crippen molar-refractivity contribution in [3.05, 3.63) is 16.5 Å². The van der Waals surface area contributed by atoms with Crippen LogP contribution in [-0.2, 0) is 6.42 Å². The second kappa shape index (κ2) is 6.18. The van der Waals surface area contributed by atoms with Crippen molar-refractivity contribution in [1.29, 1.82) is 0 Å². The summed E-state index contributed by atoms with van der Waals surface area (Å²) < 4.78 is 0.889. The van der Waals surface area contributed by atoms with E-state index in [9.17, 15) is 0 Å². The van der Waals surface area contributed by atoms with E-state index in [0.29, 0.717) is 12.1 Å². The van der Waals surface area contributed by atoms with Gasteiger partial charge in [0, 0.05) is 37.7 Å². The fourth-order valence-corrected chi connectivity index (χ4v) is 2.95. The Labute approximate surface area is 124 Å². The Kier molecular flexibility index (Phi) is 4.79. The van der Waals surface area contributed by atoms with Gasteiger partial charge in [0.15, 0.2) is 0 Å². The van der Waals surface area contributed by atoms with Crippen LogP contribution < -0.4 is 4.90 Å². The van der Waals surface area contributed by atoms with E-state index < -0.39 is 0 Å². The van der Waals surface area contributed by atoms with Gasteiger partial charge in [-0.1, -0.05) is 6.92 Å². The van der Waals surface area contributed by atoms with Gasteiger partial charge < -0.3 is 4.90 Å². The molecule has 2 rings (SSSR count). The first-order chi connectivity index (χ1) is 9.01. The van der Waals surface area contributed by atoms with E-state index >= 15 is 0 Å². The Bertz CT molecular complexity index is 425. The number of anilines is 1. The molecule has 4 nitrogen and oxygen atoms in total. The minimum Gasteiger partial charge on any atom is -0.353 e. The van der Waals surface area contributed by atoms with Gasteiger partial charge in [-0.25, -0.2) is 9.97 Å². The molecular weight excluding hydrogens is 304 g/mol. The number of aromatic nitrogens is 2. The Morgan fingerprint density at radius 2 is 1.89 bits per heavy atom. The van der Waals surface area contributed by atoms with Crippen LogP contribution in [0, 0.1) is 0 Å². The Morgan fingerprint density at radius 3 is 2.47 bits per heavy atom. The molecule has 19 heavy (non-hydrogen) atoms. The van der Waals surface area contributed by atoms with Crippen molar-refractivity contribution in [2.45, 2.75) is 45.7 Å². The molecule has 0 radical (unpaired) electrons. The monoisotopic (exact) mass is 326 g/mol. The number of aryl methyl sites for hydroxylation is 1. The van der Waals surface area contributed by atoms with Gasteiger partial charge in [0.2, 0.25) is 0 Å². The van der Waals surface area contributed by atoms with Crippen LogP contribution in [-0.4, -0.2) is 47.1 Å². The third kappa shape index (κ3) is 3.45. The van der Waals surface area contributed by atoms with Crippen molar-refractivity contribution in [3.8, 4) is 0 Å². The molecule has 0 spiro atoms. The smallest absolute Gasteiger partial charge is 0.133 e. The van der Waals surface area contributed by atoms with Gasteiger partial charge in [0.25, 0.3) is 0 Å². The van der Waals surface area contributed by atoms with Crippen LogP contribution in [0.1, 0.15) is 33.0 Å². The summed E-state index contributed by atoms with van der Waals surface area (Å²) in [4.78, 5) is 14.0. The van der Waals surface area contributed by atoms with Crippen LogP contribution in [0.4, 0.5) is 5.82 Å². The zero-order valence-corrected chi connectivity index (χ0v) is 13.8. The molecule has 0 saturated carbocycles. The third-order valence-corrected chi connectivity index (χ3v) is 4.29. The molecule has 1 saturated heterocycles. The summed E-state index contributed by atoms with van der Waals surface area (Å²) in [7, 11) is 2.20. The summed E-state index contributed by atoms with van der Waals surface area (Å²) in [6, 6.07) is 3.13. The number of nitrogens with zero attached hydrogens (tertiary/aromatic N) is 4. The topological polar surface area (TPSA) is 32.3 Å². The summed E-state index contributed by atoms with van der Waals surface area (Å²) in [6.07, 6.45) is 2.01. The number of rotatable bonds is 3. The molecule has 0 bridgehead atoms. The summed E-state index contributed by atoms with van der Waals surface area (Å²) in [5.74, 6) is 1.99. The molecule has 1 aromatic rings. The van der Waals surface area contributed by atoms with E-state index in [-0.39, 0.29) is 0 Å². The van der Waals surface area contributed by atoms with Crippen molar-refractivity contribution in [1.82, 2.24) is 14.9 Å². The first-order valence-electron chi connectivity index (χ1n) is 7.01. The Balaban J connectivity index is 2.21. The van der Waals surface area contributed by atoms with Gasteiger partial charge in [-0.2, -0.15) is 0 Å². The van der Waals surface area contributed by atoms with Gasteiger partial charge >= 0.3 is 0 Å². The fraction of sp³-hybridized carbons (Fsp3) is 0.714. The average molecular weight is 327 g/mol. The molecule has 2 heterocycles. The lowest BCUT2D eigenvalue weighted by atomic mass is 10.1. The second-order valence-electron chi connectivity index (χ2n) is 5.48. The van der Waals surface area contributed by atoms with Gasteiger partial charge in [-0.05, 0) is 43.2 Å². The maximum Gasteiger partial charge on any atom is 0.133 e. The van der Waals surface area contributed by atoms with Crippen LogP contribution in [0.3, 0.4) is 0 Å². The summed E-state index contributed by atoms with van der Waals surface area (Å²) in [5.41, 5.74) is 0. The number of hydrogen-bond acceptors (Lipinski definition) is 4. The normalized spacial score (nSPS) is 24.8. The zero-order chi connectivity index (χ0) is 14.0. The Morgan fingerprint density at radius 1 is 1.26 bits per heavy atom. The predicted molar refractivity (Wildman–Crippen MR) is 82.6 cm³/mol. The van der Waals surface area contributed by atoms with Crippen LogP contribution in [0.5, 0.6) is 0 Å². The zero-order valence-electron chi connectivity index (χ0n) is 12.2. The number of piperazine rings is 1. The first kappa shape index (κ1) is 14.7. The highest BCUT2D eigenvalue weighted by Gasteiger charge is 2.27. The van der Waals surface area contributed by atoms with E-state index in [0.717, 1.165) is 42.2 Å². The average Bonchev–Trinajstić information content (AvgIpc) is 2.35. The molecule has 1 fully saturated rings. The van der Waals surface area contributed by atoms with Gasteiger partial charge in [-0.3, -0.25) is 4.90 Å². The van der Waals surface area contributed by atoms with E-state index in [1.165, 1.54) is 0 Å². The number of likely N-dealkylation sites (N-methyl/N-ethyl adjacent to an activating group) is 1. The largest absolute Gasteiger partial charge is 0.353 e. The lowest BCUT2D eigenvalue weighted by Gasteiger charge is -2.43. The van der Waals surface area contributed by atoms with E-state index in [4.69, 9.17) is 4.98 Å². The molecular formula is C14H23BrN4. The first-order valence-corrected chi connectivity index (χ1v) is 7.81. The van der Waals surface area contributed by atoms with Crippen molar-refractivity contribution < 1.29 is 0 Å². The van der Waals surface area contributed by atoms with Crippen molar-refractivity contribution >= 4 is 21.7 Å². The molecule has 0 amide bonds. The van der Waals surface area contributed by atoms with Gasteiger partial charge in [0.1, 0.15) is 16.2 Å². The quantitative estimate of drug-likeness (QED) is 0.799. The van der Waals surface area contributed by atoms with Crippen LogP contribution in [0.15, 0.2) is 10.7 Å². The standard InChI is InChI=1S/C14H23BrN4/c1-5-6-13-16-12(15)7-14(17-13)19-8-10(2)18(4)11(3)9-19/h7,10-11H,5-6,8-9H2,1-4H3. The van der Waals surface area contributed by atoms with Gasteiger partial charge in [-0.15, -0.1) is 0 Å². The van der Waals surface area contributed by atoms with E-state index in [2.05, 4.69) is 58.5 Å². The molecule has 1 aliphatic heterocycles. The fourth-order valence-electron chi connectivity index (χ4n) is 2.54. The molecule has 5 heteroatoms. The number of hydrogen-bond donors (Lipinski definition) is 0. The molecule has 1 aliphatic rings. The minimum atomic E-state index is 0.548. The van der Waals surface area contributed by atoms with Crippen molar-refractivity contribution in [3.63, 3.8) is 0 Å². The summed E-state index contributed by atoms with van der Waals surface area (Å²) in [5, 5.41) is 0. The highest BCUT2D eigenvalue weighted by atomic mass is 79.9. The molecule has 106 valence electrons. The highest BCUT2D eigenvalue weighted by Crippen LogP contribution is 2.22. The maximum absolute atomic E-state index is 4.71. The Hall–Kier alpha value is -0.680. The summed E-state index contributed by atoms with van der Waals surface area (Å²) in [6.45, 7) is 8.74. The van der Waals surface area contributed by atoms with Crippen LogP contribution >= 0.6 is 15.9 Å². The summed E-state index contributed by atoms with van der Waals surface area (Å²) >= 11 is 3.50. The molecule has 0 aromatic carbocycles. The molecule has 2 unspecified atom stereocenters. The van der Waals surface area contributed by atoms with Crippen molar-refractivity contribution in [2.75, 3.05) is 25.0 Å². The molecule has 0 N–H and O–H groups in total. The second-order valence-corrected chi connectivity index (χ2v) is 6.30. The van der Waals surface area contributed by atoms with Crippen LogP contribution in [0.25, 0.3) is 0 Å². The SMILES string of the molecule is CCCc1nc(Br)cc(N2CC(C)N(C)C(C)C2)n1. The predicted octanol–water partition coefficient (Wildman–Crippen LogP) is 2.72.